The molecule has 3 unspecified atom stereocenters. The Morgan fingerprint density at radius 1 is 1.19 bits per heavy atom. The highest BCUT2D eigenvalue weighted by molar-refractivity contribution is 6.22. The van der Waals surface area contributed by atoms with Crippen LogP contribution in [0.2, 0.25) is 0 Å². The molecule has 0 bridgehead atoms. The topological polar surface area (TPSA) is 116 Å². The molecule has 138 valence electrons. The summed E-state index contributed by atoms with van der Waals surface area (Å²) in [4.78, 5) is 26.7. The molecule has 2 heterocycles. The van der Waals surface area contributed by atoms with Crippen LogP contribution in [-0.4, -0.2) is 52.0 Å². The molecule has 1 aromatic carbocycles. The summed E-state index contributed by atoms with van der Waals surface area (Å²) in [6.07, 6.45) is 1.14. The van der Waals surface area contributed by atoms with Crippen molar-refractivity contribution in [2.24, 2.45) is 5.73 Å². The molecule has 7 nitrogen and oxygen atoms in total. The molecule has 0 aliphatic carbocycles. The van der Waals surface area contributed by atoms with Crippen LogP contribution in [0.5, 0.6) is 0 Å². The number of unbranched alkanes of at least 4 members (excludes halogenated alkanes) is 2. The summed E-state index contributed by atoms with van der Waals surface area (Å²) < 4.78 is 0. The van der Waals surface area contributed by atoms with Gasteiger partial charge in [0.25, 0.3) is 11.8 Å². The first kappa shape index (κ1) is 18.5. The van der Waals surface area contributed by atoms with Gasteiger partial charge in [0.2, 0.25) is 0 Å². The normalized spacial score (nSPS) is 25.0. The third kappa shape index (κ3) is 3.50. The molecule has 7 heteroatoms. The number of nitrogens with zero attached hydrogens (tertiary/aromatic N) is 1. The van der Waals surface area contributed by atoms with E-state index in [1.54, 1.807) is 18.2 Å². The van der Waals surface area contributed by atoms with Crippen molar-refractivity contribution in [3.05, 3.63) is 34.9 Å². The molecule has 3 rings (SSSR count). The van der Waals surface area contributed by atoms with E-state index in [1.807, 2.05) is 0 Å². The van der Waals surface area contributed by atoms with Gasteiger partial charge in [-0.15, -0.1) is 0 Å². The van der Waals surface area contributed by atoms with E-state index in [9.17, 15) is 19.8 Å². The molecule has 3 atom stereocenters. The van der Waals surface area contributed by atoms with Crippen LogP contribution in [-0.2, 0) is 0 Å². The van der Waals surface area contributed by atoms with Gasteiger partial charge in [-0.1, -0.05) is 17.9 Å². The van der Waals surface area contributed by atoms with E-state index in [2.05, 4.69) is 17.2 Å². The number of carbonyl (C=O) groups is 2. The van der Waals surface area contributed by atoms with E-state index in [1.165, 1.54) is 0 Å². The summed E-state index contributed by atoms with van der Waals surface area (Å²) in [5, 5.41) is 22.3. The molecule has 2 amide bonds. The third-order valence-corrected chi connectivity index (χ3v) is 4.72. The molecule has 1 aromatic rings. The average molecular weight is 357 g/mol. The van der Waals surface area contributed by atoms with Gasteiger partial charge in [-0.2, -0.15) is 0 Å². The number of nitrogens with one attached hydrogen (secondary N) is 1. The number of benzene rings is 1. The van der Waals surface area contributed by atoms with Gasteiger partial charge < -0.3 is 15.9 Å². The lowest BCUT2D eigenvalue weighted by Crippen LogP contribution is -2.58. The lowest BCUT2D eigenvalue weighted by molar-refractivity contribution is -0.0413. The largest absolute Gasteiger partial charge is 0.379 e. The summed E-state index contributed by atoms with van der Waals surface area (Å²) in [6, 6.07) is 4.32. The molecular formula is C19H23N3O4. The van der Waals surface area contributed by atoms with Crippen LogP contribution in [0.25, 0.3) is 0 Å². The fraction of sp³-hybridized carbons (Fsp3) is 0.474. The third-order valence-electron chi connectivity index (χ3n) is 4.72. The first-order valence-corrected chi connectivity index (χ1v) is 8.86. The number of hydrogen-bond acceptors (Lipinski definition) is 6. The van der Waals surface area contributed by atoms with Crippen LogP contribution >= 0.6 is 0 Å². The van der Waals surface area contributed by atoms with Crippen LogP contribution in [0.4, 0.5) is 0 Å². The minimum Gasteiger partial charge on any atom is -0.379 e. The Balaban J connectivity index is 1.85. The number of piperidine rings is 1. The number of nitrogens with two attached hydrogens (primary N) is 1. The molecule has 0 aromatic heterocycles. The SMILES string of the molecule is NCCCCC#Cc1cccc2c1C(=O)N(C1CCC(O)NC1O)C2=O. The molecule has 0 spiro atoms. The maximum absolute atomic E-state index is 12.9. The molecule has 0 saturated carbocycles. The molecule has 2 aliphatic heterocycles. The van der Waals surface area contributed by atoms with Crippen molar-refractivity contribution < 1.29 is 19.8 Å². The second-order valence-corrected chi connectivity index (χ2v) is 6.53. The van der Waals surface area contributed by atoms with E-state index in [0.717, 1.165) is 17.7 Å². The van der Waals surface area contributed by atoms with E-state index < -0.39 is 30.3 Å². The summed E-state index contributed by atoms with van der Waals surface area (Å²) in [5.41, 5.74) is 6.58. The minimum atomic E-state index is -1.16. The van der Waals surface area contributed by atoms with Gasteiger partial charge in [0, 0.05) is 12.0 Å². The second kappa shape index (κ2) is 7.98. The Morgan fingerprint density at radius 2 is 2.00 bits per heavy atom. The lowest BCUT2D eigenvalue weighted by Gasteiger charge is -2.36. The van der Waals surface area contributed by atoms with Crippen LogP contribution < -0.4 is 11.1 Å². The van der Waals surface area contributed by atoms with Crippen molar-refractivity contribution in [3.63, 3.8) is 0 Å². The molecule has 1 saturated heterocycles. The Kier molecular flexibility index (Phi) is 5.69. The number of rotatable bonds is 4. The first-order valence-electron chi connectivity index (χ1n) is 8.86. The van der Waals surface area contributed by atoms with Crippen LogP contribution in [0.3, 0.4) is 0 Å². The van der Waals surface area contributed by atoms with Crippen molar-refractivity contribution in [3.8, 4) is 11.8 Å². The van der Waals surface area contributed by atoms with E-state index in [4.69, 9.17) is 5.73 Å². The Labute approximate surface area is 152 Å². The number of aliphatic hydroxyl groups excluding tert-OH is 2. The number of hydrogen-bond donors (Lipinski definition) is 4. The summed E-state index contributed by atoms with van der Waals surface area (Å²) in [7, 11) is 0. The number of amides is 2. The van der Waals surface area contributed by atoms with Crippen LogP contribution in [0.1, 0.15) is 58.4 Å². The molecule has 0 radical (unpaired) electrons. The predicted octanol–water partition coefficient (Wildman–Crippen LogP) is 0.152. The number of aliphatic hydroxyl groups is 2. The highest BCUT2D eigenvalue weighted by atomic mass is 16.3. The van der Waals surface area contributed by atoms with Gasteiger partial charge in [0.05, 0.1) is 17.2 Å². The maximum Gasteiger partial charge on any atom is 0.263 e. The van der Waals surface area contributed by atoms with Gasteiger partial charge >= 0.3 is 0 Å². The quantitative estimate of drug-likeness (QED) is 0.346. The fourth-order valence-electron chi connectivity index (χ4n) is 3.37. The van der Waals surface area contributed by atoms with Crippen molar-refractivity contribution in [2.45, 2.75) is 50.6 Å². The molecule has 2 aliphatic rings. The highest BCUT2D eigenvalue weighted by Gasteiger charge is 2.45. The van der Waals surface area contributed by atoms with E-state index >= 15 is 0 Å². The summed E-state index contributed by atoms with van der Waals surface area (Å²) in [5.74, 6) is 5.14. The Bertz CT molecular complexity index is 768. The highest BCUT2D eigenvalue weighted by Crippen LogP contribution is 2.30. The van der Waals surface area contributed by atoms with Crippen molar-refractivity contribution >= 4 is 11.8 Å². The average Bonchev–Trinajstić information content (AvgIpc) is 2.87. The first-order chi connectivity index (χ1) is 12.5. The zero-order valence-corrected chi connectivity index (χ0v) is 14.4. The van der Waals surface area contributed by atoms with Gasteiger partial charge in [-0.05, 0) is 44.4 Å². The van der Waals surface area contributed by atoms with Crippen molar-refractivity contribution in [2.75, 3.05) is 6.54 Å². The second-order valence-electron chi connectivity index (χ2n) is 6.53. The zero-order chi connectivity index (χ0) is 18.7. The van der Waals surface area contributed by atoms with Gasteiger partial charge in [-0.25, -0.2) is 0 Å². The molecule has 1 fully saturated rings. The van der Waals surface area contributed by atoms with Crippen LogP contribution in [0, 0.1) is 11.8 Å². The van der Waals surface area contributed by atoms with Gasteiger partial charge in [0.15, 0.2) is 0 Å². The van der Waals surface area contributed by atoms with Gasteiger partial charge in [-0.3, -0.25) is 19.8 Å². The maximum atomic E-state index is 12.9. The monoisotopic (exact) mass is 357 g/mol. The Morgan fingerprint density at radius 3 is 2.73 bits per heavy atom. The van der Waals surface area contributed by atoms with E-state index in [0.29, 0.717) is 42.5 Å². The minimum absolute atomic E-state index is 0.294. The van der Waals surface area contributed by atoms with Crippen LogP contribution in [0.15, 0.2) is 18.2 Å². The van der Waals surface area contributed by atoms with Crippen molar-refractivity contribution in [1.29, 1.82) is 0 Å². The standard InChI is InChI=1S/C19H23N3O4/c20-11-4-2-1-3-6-12-7-5-8-13-16(12)19(26)22(18(13)25)14-9-10-15(23)21-17(14)24/h5,7-8,14-15,17,21,23-24H,1-2,4,9-11,20H2. The predicted molar refractivity (Wildman–Crippen MR) is 94.9 cm³/mol. The Hall–Kier alpha value is -2.24. The van der Waals surface area contributed by atoms with Gasteiger partial charge in [0.1, 0.15) is 12.5 Å². The van der Waals surface area contributed by atoms with E-state index in [-0.39, 0.29) is 0 Å². The lowest BCUT2D eigenvalue weighted by atomic mass is 10.0. The summed E-state index contributed by atoms with van der Waals surface area (Å²) >= 11 is 0. The molecular weight excluding hydrogens is 334 g/mol. The number of imide groups is 1. The molecule has 5 N–H and O–H groups in total. The number of fused-ring (bicyclic) bond motifs is 1. The zero-order valence-electron chi connectivity index (χ0n) is 14.4. The number of carbonyl (C=O) groups excluding carboxylic acids is 2. The fourth-order valence-corrected chi connectivity index (χ4v) is 3.37. The summed E-state index contributed by atoms with van der Waals surface area (Å²) in [6.45, 7) is 0.622. The smallest absolute Gasteiger partial charge is 0.263 e. The molecule has 26 heavy (non-hydrogen) atoms. The van der Waals surface area contributed by atoms with Crippen molar-refractivity contribution in [1.82, 2.24) is 10.2 Å².